The van der Waals surface area contributed by atoms with Crippen LogP contribution in [0, 0.1) is 0 Å². The monoisotopic (exact) mass is 800 g/mol. The van der Waals surface area contributed by atoms with Crippen LogP contribution in [0.4, 0.5) is 11.4 Å². The minimum absolute atomic E-state index is 0.113. The summed E-state index contributed by atoms with van der Waals surface area (Å²) < 4.78 is 0. The van der Waals surface area contributed by atoms with Crippen LogP contribution in [0.3, 0.4) is 0 Å². The van der Waals surface area contributed by atoms with Crippen molar-refractivity contribution in [3.8, 4) is 11.5 Å². The second kappa shape index (κ2) is 17.6. The second-order valence-electron chi connectivity index (χ2n) is 15.2. The number of hydrogen-bond donors (Lipinski definition) is 2. The first-order valence-electron chi connectivity index (χ1n) is 20.8. The SMILES string of the molecule is Oc1ccc(C(c2ccccc2)(c2ccccc2)c2ccccc2)cc1C=Nc1ccccc1N=Cc1cc(C(c2ccccc2)(c2ccccc2)c2ccccc2)ccc1O. The summed E-state index contributed by atoms with van der Waals surface area (Å²) in [6, 6.07) is 82.1. The lowest BCUT2D eigenvalue weighted by Gasteiger charge is -2.37. The van der Waals surface area contributed by atoms with Crippen molar-refractivity contribution >= 4 is 23.8 Å². The molecular formula is C58H44N2O2. The third-order valence-corrected chi connectivity index (χ3v) is 11.7. The lowest BCUT2D eigenvalue weighted by Crippen LogP contribution is -2.31. The Hall–Kier alpha value is -8.08. The number of rotatable bonds is 12. The summed E-state index contributed by atoms with van der Waals surface area (Å²) in [5, 5.41) is 22.7. The molecule has 298 valence electrons. The van der Waals surface area contributed by atoms with Crippen molar-refractivity contribution in [2.45, 2.75) is 10.8 Å². The van der Waals surface area contributed by atoms with Crippen molar-refractivity contribution < 1.29 is 10.2 Å². The van der Waals surface area contributed by atoms with E-state index in [1.807, 2.05) is 84.9 Å². The minimum atomic E-state index is -0.683. The smallest absolute Gasteiger partial charge is 0.124 e. The standard InChI is InChI=1S/C58H44N2O2/c61-55-37-35-51(57(45-21-7-1-8-22-45,46-23-9-2-10-24-46)47-25-11-3-12-26-47)39-43(55)41-59-53-33-19-20-34-54(53)60-42-44-40-52(36-38-56(44)62)58(48-27-13-4-14-28-48,49-29-15-5-16-30-49)50-31-17-6-18-32-50/h1-42,61-62H. The molecule has 0 saturated carbocycles. The molecule has 4 nitrogen and oxygen atoms in total. The molecule has 62 heavy (non-hydrogen) atoms. The molecule has 0 aliphatic carbocycles. The van der Waals surface area contributed by atoms with Gasteiger partial charge in [0.1, 0.15) is 11.5 Å². The van der Waals surface area contributed by atoms with Gasteiger partial charge in [0.05, 0.1) is 22.2 Å². The summed E-state index contributed by atoms with van der Waals surface area (Å²) >= 11 is 0. The summed E-state index contributed by atoms with van der Waals surface area (Å²) in [6.07, 6.45) is 3.40. The zero-order chi connectivity index (χ0) is 42.2. The van der Waals surface area contributed by atoms with Crippen LogP contribution in [0.15, 0.2) is 253 Å². The van der Waals surface area contributed by atoms with E-state index in [4.69, 9.17) is 9.98 Å². The molecular weight excluding hydrogens is 757 g/mol. The van der Waals surface area contributed by atoms with E-state index < -0.39 is 10.8 Å². The van der Waals surface area contributed by atoms with E-state index in [0.717, 1.165) is 44.5 Å². The maximum atomic E-state index is 11.3. The van der Waals surface area contributed by atoms with Crippen molar-refractivity contribution in [1.29, 1.82) is 0 Å². The van der Waals surface area contributed by atoms with Crippen LogP contribution >= 0.6 is 0 Å². The highest BCUT2D eigenvalue weighted by Gasteiger charge is 2.40. The van der Waals surface area contributed by atoms with Crippen molar-refractivity contribution in [2.24, 2.45) is 9.98 Å². The topological polar surface area (TPSA) is 65.2 Å². The normalized spacial score (nSPS) is 11.9. The molecule has 9 aromatic carbocycles. The molecule has 0 unspecified atom stereocenters. The van der Waals surface area contributed by atoms with Crippen LogP contribution in [0.5, 0.6) is 11.5 Å². The molecule has 0 aliphatic heterocycles. The molecule has 4 heteroatoms. The quantitative estimate of drug-likeness (QED) is 0.0955. The van der Waals surface area contributed by atoms with Gasteiger partial charge in [-0.25, -0.2) is 0 Å². The van der Waals surface area contributed by atoms with E-state index >= 15 is 0 Å². The summed E-state index contributed by atoms with van der Waals surface area (Å²) in [5.41, 5.74) is 9.58. The highest BCUT2D eigenvalue weighted by molar-refractivity contribution is 5.90. The van der Waals surface area contributed by atoms with E-state index in [9.17, 15) is 10.2 Å². The summed E-state index contributed by atoms with van der Waals surface area (Å²) in [6.45, 7) is 0. The van der Waals surface area contributed by atoms with E-state index in [2.05, 4.69) is 146 Å². The van der Waals surface area contributed by atoms with Gasteiger partial charge in [-0.3, -0.25) is 9.98 Å². The van der Waals surface area contributed by atoms with Gasteiger partial charge < -0.3 is 10.2 Å². The van der Waals surface area contributed by atoms with E-state index in [1.54, 1.807) is 24.6 Å². The predicted octanol–water partition coefficient (Wildman–Crippen LogP) is 13.4. The Balaban J connectivity index is 1.12. The first kappa shape index (κ1) is 39.4. The van der Waals surface area contributed by atoms with Gasteiger partial charge in [-0.05, 0) is 80.9 Å². The van der Waals surface area contributed by atoms with Crippen molar-refractivity contribution in [1.82, 2.24) is 0 Å². The van der Waals surface area contributed by atoms with E-state index in [-0.39, 0.29) is 11.5 Å². The maximum Gasteiger partial charge on any atom is 0.124 e. The van der Waals surface area contributed by atoms with Crippen LogP contribution in [-0.2, 0) is 10.8 Å². The first-order valence-corrected chi connectivity index (χ1v) is 20.8. The van der Waals surface area contributed by atoms with Crippen LogP contribution < -0.4 is 0 Å². The lowest BCUT2D eigenvalue weighted by atomic mass is 9.65. The number of phenolic OH excluding ortho intramolecular Hbond substituents is 2. The van der Waals surface area contributed by atoms with Gasteiger partial charge in [0.25, 0.3) is 0 Å². The minimum Gasteiger partial charge on any atom is -0.507 e. The zero-order valence-electron chi connectivity index (χ0n) is 34.0. The molecule has 0 fully saturated rings. The fraction of sp³-hybridized carbons (Fsp3) is 0.0345. The van der Waals surface area contributed by atoms with Crippen molar-refractivity contribution in [2.75, 3.05) is 0 Å². The number of hydrogen-bond acceptors (Lipinski definition) is 4. The number of phenols is 2. The zero-order valence-corrected chi connectivity index (χ0v) is 34.0. The first-order chi connectivity index (χ1) is 30.6. The number of aromatic hydroxyl groups is 2. The molecule has 0 aliphatic rings. The summed E-state index contributed by atoms with van der Waals surface area (Å²) in [4.78, 5) is 9.86. The molecule has 0 saturated heterocycles. The van der Waals surface area contributed by atoms with Gasteiger partial charge in [0, 0.05) is 23.6 Å². The van der Waals surface area contributed by atoms with Gasteiger partial charge >= 0.3 is 0 Å². The number of benzene rings is 9. The second-order valence-corrected chi connectivity index (χ2v) is 15.2. The molecule has 0 heterocycles. The Morgan fingerprint density at radius 3 is 0.774 bits per heavy atom. The molecule has 0 spiro atoms. The van der Waals surface area contributed by atoms with Crippen LogP contribution in [0.1, 0.15) is 55.6 Å². The van der Waals surface area contributed by atoms with Crippen molar-refractivity contribution in [3.05, 3.63) is 298 Å². The Morgan fingerprint density at radius 1 is 0.274 bits per heavy atom. The average molecular weight is 801 g/mol. The van der Waals surface area contributed by atoms with Gasteiger partial charge in [-0.15, -0.1) is 0 Å². The Morgan fingerprint density at radius 2 is 0.516 bits per heavy atom. The molecule has 0 aromatic heterocycles. The highest BCUT2D eigenvalue weighted by atomic mass is 16.3. The molecule has 2 N–H and O–H groups in total. The Labute approximate surface area is 363 Å². The largest absolute Gasteiger partial charge is 0.507 e. The summed E-state index contributed by atoms with van der Waals surface area (Å²) in [7, 11) is 0. The van der Waals surface area contributed by atoms with E-state index in [0.29, 0.717) is 22.5 Å². The molecule has 0 bridgehead atoms. The third kappa shape index (κ3) is 7.40. The van der Waals surface area contributed by atoms with Gasteiger partial charge in [0.15, 0.2) is 0 Å². The van der Waals surface area contributed by atoms with Crippen LogP contribution in [0.25, 0.3) is 0 Å². The average Bonchev–Trinajstić information content (AvgIpc) is 3.34. The van der Waals surface area contributed by atoms with Gasteiger partial charge in [-0.1, -0.05) is 206 Å². The number of aliphatic imine (C=N–C) groups is 2. The molecule has 0 atom stereocenters. The van der Waals surface area contributed by atoms with Crippen LogP contribution in [0.2, 0.25) is 0 Å². The Kier molecular flexibility index (Phi) is 11.2. The van der Waals surface area contributed by atoms with Crippen molar-refractivity contribution in [3.63, 3.8) is 0 Å². The lowest BCUT2D eigenvalue weighted by molar-refractivity contribution is 0.473. The number of nitrogens with zero attached hydrogens (tertiary/aromatic N) is 2. The Bertz CT molecular complexity index is 2550. The third-order valence-electron chi connectivity index (χ3n) is 11.7. The van der Waals surface area contributed by atoms with Gasteiger partial charge in [0.2, 0.25) is 0 Å². The van der Waals surface area contributed by atoms with Crippen LogP contribution in [-0.4, -0.2) is 22.6 Å². The van der Waals surface area contributed by atoms with Gasteiger partial charge in [-0.2, -0.15) is 0 Å². The molecule has 0 radical (unpaired) electrons. The summed E-state index contributed by atoms with van der Waals surface area (Å²) in [5.74, 6) is 0.226. The maximum absolute atomic E-state index is 11.3. The molecule has 9 rings (SSSR count). The number of para-hydroxylation sites is 2. The fourth-order valence-electron chi connectivity index (χ4n) is 8.87. The van der Waals surface area contributed by atoms with E-state index in [1.165, 1.54) is 0 Å². The molecule has 9 aromatic rings. The predicted molar refractivity (Wildman–Crippen MR) is 254 cm³/mol. The molecule has 0 amide bonds. The fourth-order valence-corrected chi connectivity index (χ4v) is 8.87. The highest BCUT2D eigenvalue weighted by Crippen LogP contribution is 2.47.